The summed E-state index contributed by atoms with van der Waals surface area (Å²) in [5.41, 5.74) is 2.48. The molecule has 0 aliphatic rings. The summed E-state index contributed by atoms with van der Waals surface area (Å²) in [4.78, 5) is 25.1. The molecule has 9 heteroatoms. The van der Waals surface area contributed by atoms with E-state index in [0.29, 0.717) is 33.5 Å². The maximum absolute atomic E-state index is 13.2. The lowest BCUT2D eigenvalue weighted by Crippen LogP contribution is -2.30. The lowest BCUT2D eigenvalue weighted by Gasteiger charge is -2.23. The molecule has 1 atom stereocenters. The predicted octanol–water partition coefficient (Wildman–Crippen LogP) is 4.47. The summed E-state index contributed by atoms with van der Waals surface area (Å²) < 4.78 is 20.8. The monoisotopic (exact) mass is 498 g/mol. The van der Waals surface area contributed by atoms with Crippen molar-refractivity contribution in [3.8, 4) is 17.2 Å². The van der Waals surface area contributed by atoms with Crippen molar-refractivity contribution in [2.75, 3.05) is 40.3 Å². The molecule has 3 aromatic rings. The number of esters is 1. The van der Waals surface area contributed by atoms with Gasteiger partial charge in [0.25, 0.3) is 5.91 Å². The normalized spacial score (nSPS) is 11.3. The average Bonchev–Trinajstić information content (AvgIpc) is 2.89. The number of hydrogen-bond acceptors (Lipinski definition) is 7. The molecule has 0 saturated heterocycles. The first-order valence-electron chi connectivity index (χ1n) is 10.7. The zero-order valence-corrected chi connectivity index (χ0v) is 20.6. The van der Waals surface area contributed by atoms with Gasteiger partial charge >= 0.3 is 5.97 Å². The Morgan fingerprint density at radius 3 is 2.09 bits per heavy atom. The third-order valence-electron chi connectivity index (χ3n) is 5.33. The molecule has 8 nitrogen and oxygen atoms in total. The highest BCUT2D eigenvalue weighted by Crippen LogP contribution is 2.38. The minimum atomic E-state index is -0.428. The van der Waals surface area contributed by atoms with Crippen molar-refractivity contribution in [1.29, 1.82) is 0 Å². The lowest BCUT2D eigenvalue weighted by atomic mass is 9.96. The summed E-state index contributed by atoms with van der Waals surface area (Å²) in [7, 11) is 5.79. The van der Waals surface area contributed by atoms with E-state index in [2.05, 4.69) is 10.6 Å². The second-order valence-corrected chi connectivity index (χ2v) is 7.83. The fourth-order valence-electron chi connectivity index (χ4n) is 3.59. The van der Waals surface area contributed by atoms with E-state index in [1.807, 2.05) is 30.3 Å². The topological polar surface area (TPSA) is 95.1 Å². The highest BCUT2D eigenvalue weighted by Gasteiger charge is 2.21. The van der Waals surface area contributed by atoms with E-state index in [1.54, 1.807) is 30.3 Å². The molecule has 0 radical (unpaired) electrons. The Kier molecular flexibility index (Phi) is 8.94. The molecule has 2 N–H and O–H groups in total. The van der Waals surface area contributed by atoms with Crippen LogP contribution >= 0.6 is 11.6 Å². The van der Waals surface area contributed by atoms with Crippen molar-refractivity contribution in [1.82, 2.24) is 5.32 Å². The van der Waals surface area contributed by atoms with Gasteiger partial charge in [-0.3, -0.25) is 14.9 Å². The number of ether oxygens (including phenoxy) is 4. The van der Waals surface area contributed by atoms with Gasteiger partial charge in [0.15, 0.2) is 11.5 Å². The van der Waals surface area contributed by atoms with Gasteiger partial charge in [0.05, 0.1) is 41.0 Å². The van der Waals surface area contributed by atoms with E-state index in [0.717, 1.165) is 11.1 Å². The summed E-state index contributed by atoms with van der Waals surface area (Å²) in [5.74, 6) is 0.331. The van der Waals surface area contributed by atoms with E-state index in [4.69, 9.17) is 30.5 Å². The molecule has 0 heterocycles. The molecule has 0 saturated carbocycles. The standard InChI is InChI=1S/C26H27ClN2O6/c1-32-21-13-17(14-22(33-2)25(21)35-4)26(31)29-20-8-6-5-7-19(20)24(28-15-23(30)34-3)16-9-11-18(27)12-10-16/h5-14,24,28H,15H2,1-4H3,(H,29,31)/t24-/m0/s1. The molecule has 3 aromatic carbocycles. The van der Waals surface area contributed by atoms with Crippen LogP contribution in [0.25, 0.3) is 0 Å². The van der Waals surface area contributed by atoms with Crippen molar-refractivity contribution >= 4 is 29.2 Å². The first-order valence-corrected chi connectivity index (χ1v) is 11.1. The van der Waals surface area contributed by atoms with Crippen LogP contribution in [0, 0.1) is 0 Å². The van der Waals surface area contributed by atoms with Gasteiger partial charge in [0.1, 0.15) is 0 Å². The van der Waals surface area contributed by atoms with Crippen LogP contribution in [0.15, 0.2) is 60.7 Å². The molecule has 184 valence electrons. The molecule has 0 unspecified atom stereocenters. The van der Waals surface area contributed by atoms with Gasteiger partial charge in [-0.1, -0.05) is 41.9 Å². The largest absolute Gasteiger partial charge is 0.493 e. The number of amides is 1. The second kappa shape index (κ2) is 12.1. The lowest BCUT2D eigenvalue weighted by molar-refractivity contribution is -0.139. The molecule has 3 rings (SSSR count). The molecule has 35 heavy (non-hydrogen) atoms. The van der Waals surface area contributed by atoms with Gasteiger partial charge in [0, 0.05) is 16.3 Å². The molecular formula is C26H27ClN2O6. The van der Waals surface area contributed by atoms with E-state index < -0.39 is 12.0 Å². The highest BCUT2D eigenvalue weighted by molar-refractivity contribution is 6.30. The molecule has 0 aliphatic carbocycles. The second-order valence-electron chi connectivity index (χ2n) is 7.40. The fourth-order valence-corrected chi connectivity index (χ4v) is 3.72. The maximum atomic E-state index is 13.2. The van der Waals surface area contributed by atoms with Crippen LogP contribution < -0.4 is 24.8 Å². The van der Waals surface area contributed by atoms with Gasteiger partial charge in [0.2, 0.25) is 5.75 Å². The van der Waals surface area contributed by atoms with Crippen molar-refractivity contribution in [3.63, 3.8) is 0 Å². The van der Waals surface area contributed by atoms with Crippen molar-refractivity contribution in [2.24, 2.45) is 0 Å². The number of methoxy groups -OCH3 is 4. The van der Waals surface area contributed by atoms with E-state index in [1.165, 1.54) is 28.4 Å². The minimum absolute atomic E-state index is 0.0288. The Labute approximate surface area is 209 Å². The van der Waals surface area contributed by atoms with Crippen LogP contribution in [0.4, 0.5) is 5.69 Å². The van der Waals surface area contributed by atoms with Gasteiger partial charge in [-0.05, 0) is 41.5 Å². The van der Waals surface area contributed by atoms with Crippen molar-refractivity contribution < 1.29 is 28.5 Å². The van der Waals surface area contributed by atoms with Gasteiger partial charge < -0.3 is 24.3 Å². The van der Waals surface area contributed by atoms with E-state index in [-0.39, 0.29) is 12.5 Å². The summed E-state index contributed by atoms with van der Waals surface area (Å²) in [6.07, 6.45) is 0. The molecule has 0 spiro atoms. The third kappa shape index (κ3) is 6.23. The van der Waals surface area contributed by atoms with Gasteiger partial charge in [-0.2, -0.15) is 0 Å². The Bertz CT molecular complexity index is 1160. The molecular weight excluding hydrogens is 472 g/mol. The van der Waals surface area contributed by atoms with Crippen LogP contribution in [-0.2, 0) is 9.53 Å². The smallest absolute Gasteiger partial charge is 0.319 e. The van der Waals surface area contributed by atoms with Crippen LogP contribution in [0.3, 0.4) is 0 Å². The summed E-state index contributed by atoms with van der Waals surface area (Å²) in [6, 6.07) is 17.3. The number of halogens is 1. The first-order chi connectivity index (χ1) is 16.9. The quantitative estimate of drug-likeness (QED) is 0.398. The number of carbonyl (C=O) groups excluding carboxylic acids is 2. The Morgan fingerprint density at radius 2 is 1.51 bits per heavy atom. The Hall–Kier alpha value is -3.75. The van der Waals surface area contributed by atoms with Crippen LogP contribution in [0.5, 0.6) is 17.2 Å². The molecule has 0 aromatic heterocycles. The number of anilines is 1. The number of benzene rings is 3. The Balaban J connectivity index is 1.98. The van der Waals surface area contributed by atoms with Crippen molar-refractivity contribution in [2.45, 2.75) is 6.04 Å². The first kappa shape index (κ1) is 25.9. The Morgan fingerprint density at radius 1 is 0.886 bits per heavy atom. The fraction of sp³-hybridized carbons (Fsp3) is 0.231. The number of hydrogen-bond donors (Lipinski definition) is 2. The highest BCUT2D eigenvalue weighted by atomic mass is 35.5. The molecule has 0 bridgehead atoms. The van der Waals surface area contributed by atoms with Crippen LogP contribution in [0.2, 0.25) is 5.02 Å². The maximum Gasteiger partial charge on any atom is 0.319 e. The zero-order valence-electron chi connectivity index (χ0n) is 19.9. The van der Waals surface area contributed by atoms with E-state index >= 15 is 0 Å². The molecule has 1 amide bonds. The van der Waals surface area contributed by atoms with Crippen LogP contribution in [-0.4, -0.2) is 46.9 Å². The number of para-hydroxylation sites is 1. The van der Waals surface area contributed by atoms with E-state index in [9.17, 15) is 9.59 Å². The number of nitrogens with one attached hydrogen (secondary N) is 2. The third-order valence-corrected chi connectivity index (χ3v) is 5.58. The van der Waals surface area contributed by atoms with Gasteiger partial charge in [-0.25, -0.2) is 0 Å². The summed E-state index contributed by atoms with van der Waals surface area (Å²) >= 11 is 6.07. The summed E-state index contributed by atoms with van der Waals surface area (Å²) in [6.45, 7) is -0.0288. The predicted molar refractivity (Wildman–Crippen MR) is 134 cm³/mol. The molecule has 0 aliphatic heterocycles. The summed E-state index contributed by atoms with van der Waals surface area (Å²) in [5, 5.41) is 6.75. The van der Waals surface area contributed by atoms with Crippen LogP contribution in [0.1, 0.15) is 27.5 Å². The number of rotatable bonds is 10. The SMILES string of the molecule is COC(=O)CN[C@@H](c1ccc(Cl)cc1)c1ccccc1NC(=O)c1cc(OC)c(OC)c(OC)c1. The number of carbonyl (C=O) groups is 2. The molecule has 0 fully saturated rings. The van der Waals surface area contributed by atoms with Gasteiger partial charge in [-0.15, -0.1) is 0 Å². The average molecular weight is 499 g/mol. The zero-order chi connectivity index (χ0) is 25.4. The minimum Gasteiger partial charge on any atom is -0.493 e. The van der Waals surface area contributed by atoms with Crippen molar-refractivity contribution in [3.05, 3.63) is 82.4 Å².